The lowest BCUT2D eigenvalue weighted by atomic mass is 10.5. The molecule has 3 heteroatoms. The van der Waals surface area contributed by atoms with Gasteiger partial charge in [0.1, 0.15) is 0 Å². The number of hydrogen-bond acceptors (Lipinski definition) is 2. The highest BCUT2D eigenvalue weighted by Gasteiger charge is 1.83. The molecule has 0 unspecified atom stereocenters. The van der Waals surface area contributed by atoms with Crippen LogP contribution >= 0.6 is 24.2 Å². The normalized spacial score (nSPS) is 9.75. The van der Waals surface area contributed by atoms with Gasteiger partial charge >= 0.3 is 0 Å². The van der Waals surface area contributed by atoms with Gasteiger partial charge < -0.3 is 4.74 Å². The van der Waals surface area contributed by atoms with Crippen molar-refractivity contribution >= 4 is 24.2 Å². The van der Waals surface area contributed by atoms with E-state index in [0.29, 0.717) is 5.88 Å². The van der Waals surface area contributed by atoms with Crippen LogP contribution in [0, 0.1) is 0 Å². The zero-order chi connectivity index (χ0) is 6.24. The third-order valence-electron chi connectivity index (χ3n) is 0.658. The summed E-state index contributed by atoms with van der Waals surface area (Å²) < 4.78 is 5.06. The van der Waals surface area contributed by atoms with Crippen LogP contribution in [-0.4, -0.2) is 24.8 Å². The van der Waals surface area contributed by atoms with Gasteiger partial charge in [-0.1, -0.05) is 0 Å². The van der Waals surface area contributed by atoms with Crippen molar-refractivity contribution in [2.75, 3.05) is 24.8 Å². The van der Waals surface area contributed by atoms with Crippen LogP contribution in [0.15, 0.2) is 0 Å². The predicted octanol–water partition coefficient (Wildman–Crippen LogP) is 1.56. The number of rotatable bonds is 5. The molecule has 0 aliphatic carbocycles. The maximum absolute atomic E-state index is 5.38. The second-order valence-corrected chi connectivity index (χ2v) is 2.20. The van der Waals surface area contributed by atoms with Crippen molar-refractivity contribution < 1.29 is 4.74 Å². The SMILES string of the molecule is SCCOCCCCl. The summed E-state index contributed by atoms with van der Waals surface area (Å²) in [5.41, 5.74) is 0. The summed E-state index contributed by atoms with van der Waals surface area (Å²) in [6.45, 7) is 1.50. The van der Waals surface area contributed by atoms with Crippen molar-refractivity contribution in [2.24, 2.45) is 0 Å². The molecule has 0 aromatic heterocycles. The molecule has 0 aromatic carbocycles. The Hall–Kier alpha value is 0.600. The van der Waals surface area contributed by atoms with Gasteiger partial charge in [-0.25, -0.2) is 0 Å². The van der Waals surface area contributed by atoms with Crippen LogP contribution in [0.4, 0.5) is 0 Å². The molecule has 0 spiro atoms. The van der Waals surface area contributed by atoms with E-state index in [4.69, 9.17) is 16.3 Å². The van der Waals surface area contributed by atoms with Gasteiger partial charge in [0.25, 0.3) is 0 Å². The molecular formula is C5H11ClOS. The summed E-state index contributed by atoms with van der Waals surface area (Å²) >= 11 is 9.35. The van der Waals surface area contributed by atoms with Crippen molar-refractivity contribution in [1.82, 2.24) is 0 Å². The lowest BCUT2D eigenvalue weighted by molar-refractivity contribution is 0.151. The molecule has 0 amide bonds. The van der Waals surface area contributed by atoms with Crippen LogP contribution in [0.5, 0.6) is 0 Å². The third-order valence-corrected chi connectivity index (χ3v) is 1.11. The van der Waals surface area contributed by atoms with Crippen molar-refractivity contribution in [3.8, 4) is 0 Å². The molecular weight excluding hydrogens is 144 g/mol. The zero-order valence-electron chi connectivity index (χ0n) is 4.77. The number of thiol groups is 1. The first-order valence-corrected chi connectivity index (χ1v) is 3.83. The van der Waals surface area contributed by atoms with E-state index < -0.39 is 0 Å². The first-order valence-electron chi connectivity index (χ1n) is 2.66. The maximum atomic E-state index is 5.38. The Morgan fingerprint density at radius 2 is 2.12 bits per heavy atom. The largest absolute Gasteiger partial charge is 0.381 e. The van der Waals surface area contributed by atoms with Crippen LogP contribution in [0.25, 0.3) is 0 Å². The van der Waals surface area contributed by atoms with Gasteiger partial charge in [-0.05, 0) is 6.42 Å². The van der Waals surface area contributed by atoms with Crippen LogP contribution in [0.2, 0.25) is 0 Å². The highest BCUT2D eigenvalue weighted by atomic mass is 35.5. The summed E-state index contributed by atoms with van der Waals surface area (Å²) in [5.74, 6) is 1.48. The smallest absolute Gasteiger partial charge is 0.0554 e. The number of halogens is 1. The quantitative estimate of drug-likeness (QED) is 0.359. The molecule has 8 heavy (non-hydrogen) atoms. The summed E-state index contributed by atoms with van der Waals surface area (Å²) in [6, 6.07) is 0. The molecule has 0 aromatic rings. The average molecular weight is 155 g/mol. The van der Waals surface area contributed by atoms with Gasteiger partial charge in [0, 0.05) is 18.2 Å². The Morgan fingerprint density at radius 3 is 2.62 bits per heavy atom. The lowest BCUT2D eigenvalue weighted by Crippen LogP contribution is -1.97. The van der Waals surface area contributed by atoms with Crippen LogP contribution in [-0.2, 0) is 4.74 Å². The Balaban J connectivity index is 2.53. The molecule has 1 nitrogen and oxygen atoms in total. The van der Waals surface area contributed by atoms with Gasteiger partial charge in [0.05, 0.1) is 6.61 Å². The molecule has 0 saturated carbocycles. The molecule has 0 rings (SSSR count). The predicted molar refractivity (Wildman–Crippen MR) is 40.0 cm³/mol. The molecule has 0 saturated heterocycles. The highest BCUT2D eigenvalue weighted by Crippen LogP contribution is 1.86. The van der Waals surface area contributed by atoms with Gasteiger partial charge in [-0.3, -0.25) is 0 Å². The molecule has 0 heterocycles. The standard InChI is InChI=1S/C5H11ClOS/c6-2-1-3-7-4-5-8/h8H,1-5H2. The van der Waals surface area contributed by atoms with E-state index in [1.807, 2.05) is 0 Å². The Morgan fingerprint density at radius 1 is 1.38 bits per heavy atom. The molecule has 0 fully saturated rings. The van der Waals surface area contributed by atoms with Gasteiger partial charge in [0.2, 0.25) is 0 Å². The molecule has 0 N–H and O–H groups in total. The third kappa shape index (κ3) is 6.60. The average Bonchev–Trinajstić information content (AvgIpc) is 1.81. The topological polar surface area (TPSA) is 9.23 Å². The van der Waals surface area contributed by atoms with Crippen molar-refractivity contribution in [3.63, 3.8) is 0 Å². The highest BCUT2D eigenvalue weighted by molar-refractivity contribution is 7.80. The van der Waals surface area contributed by atoms with E-state index in [-0.39, 0.29) is 0 Å². The summed E-state index contributed by atoms with van der Waals surface area (Å²) in [7, 11) is 0. The summed E-state index contributed by atoms with van der Waals surface area (Å²) in [4.78, 5) is 0. The first-order chi connectivity index (χ1) is 3.91. The molecule has 0 aliphatic heterocycles. The zero-order valence-corrected chi connectivity index (χ0v) is 6.42. The second kappa shape index (κ2) is 7.60. The Bertz CT molecular complexity index is 37.4. The fraction of sp³-hybridized carbons (Fsp3) is 1.00. The Labute approximate surface area is 60.8 Å². The van der Waals surface area contributed by atoms with E-state index in [1.54, 1.807) is 0 Å². The van der Waals surface area contributed by atoms with Gasteiger partial charge in [0.15, 0.2) is 0 Å². The van der Waals surface area contributed by atoms with Crippen molar-refractivity contribution in [2.45, 2.75) is 6.42 Å². The monoisotopic (exact) mass is 154 g/mol. The fourth-order valence-corrected chi connectivity index (χ4v) is 0.561. The maximum Gasteiger partial charge on any atom is 0.0554 e. The molecule has 0 bridgehead atoms. The van der Waals surface area contributed by atoms with Gasteiger partial charge in [-0.2, -0.15) is 12.6 Å². The van der Waals surface area contributed by atoms with E-state index in [0.717, 1.165) is 25.4 Å². The molecule has 0 radical (unpaired) electrons. The minimum atomic E-state index is 0.687. The van der Waals surface area contributed by atoms with Crippen LogP contribution < -0.4 is 0 Å². The number of hydrogen-bond donors (Lipinski definition) is 1. The van der Waals surface area contributed by atoms with E-state index in [1.165, 1.54) is 0 Å². The molecule has 0 aliphatic rings. The van der Waals surface area contributed by atoms with Crippen LogP contribution in [0.3, 0.4) is 0 Å². The number of ether oxygens (including phenoxy) is 1. The van der Waals surface area contributed by atoms with Crippen LogP contribution in [0.1, 0.15) is 6.42 Å². The second-order valence-electron chi connectivity index (χ2n) is 1.38. The lowest BCUT2D eigenvalue weighted by Gasteiger charge is -1.96. The number of alkyl halides is 1. The van der Waals surface area contributed by atoms with Gasteiger partial charge in [-0.15, -0.1) is 11.6 Å². The van der Waals surface area contributed by atoms with Crippen molar-refractivity contribution in [3.05, 3.63) is 0 Å². The first kappa shape index (κ1) is 8.60. The summed E-state index contributed by atoms with van der Waals surface area (Å²) in [6.07, 6.45) is 0.940. The minimum absolute atomic E-state index is 0.687. The van der Waals surface area contributed by atoms with Crippen molar-refractivity contribution in [1.29, 1.82) is 0 Å². The fourth-order valence-electron chi connectivity index (χ4n) is 0.323. The Kier molecular flexibility index (Phi) is 8.17. The molecule has 50 valence electrons. The van der Waals surface area contributed by atoms with E-state index in [9.17, 15) is 0 Å². The summed E-state index contributed by atoms with van der Waals surface area (Å²) in [5, 5.41) is 0. The minimum Gasteiger partial charge on any atom is -0.381 e. The molecule has 0 atom stereocenters. The van der Waals surface area contributed by atoms with E-state index >= 15 is 0 Å². The van der Waals surface area contributed by atoms with E-state index in [2.05, 4.69) is 12.6 Å².